The first-order valence-electron chi connectivity index (χ1n) is 29.3. The summed E-state index contributed by atoms with van der Waals surface area (Å²) in [4.78, 5) is 18.9. The number of ether oxygens (including phenoxy) is 5. The van der Waals surface area contributed by atoms with Gasteiger partial charge >= 0.3 is 42.1 Å². The number of hydrogen-bond acceptors (Lipinski definition) is 11. The first-order valence-corrected chi connectivity index (χ1v) is 30.9. The van der Waals surface area contributed by atoms with Gasteiger partial charge in [0.25, 0.3) is 0 Å². The predicted molar refractivity (Wildman–Crippen MR) is 355 cm³/mol. The number of hydrogen-bond donors (Lipinski definition) is 0. The Morgan fingerprint density at radius 1 is 0.444 bits per heavy atom. The number of benzene rings is 9. The van der Waals surface area contributed by atoms with Gasteiger partial charge in [0.05, 0.1) is 11.0 Å². The van der Waals surface area contributed by atoms with Gasteiger partial charge in [-0.2, -0.15) is 28.7 Å². The molecule has 4 aliphatic heterocycles. The van der Waals surface area contributed by atoms with Crippen LogP contribution in [0.25, 0.3) is 69.2 Å². The molecule has 90 heavy (non-hydrogen) atoms. The van der Waals surface area contributed by atoms with Crippen LogP contribution in [0.5, 0.6) is 57.6 Å². The van der Waals surface area contributed by atoms with E-state index in [1.165, 1.54) is 0 Å². The van der Waals surface area contributed by atoms with E-state index in [2.05, 4.69) is 166 Å². The molecule has 0 fully saturated rings. The van der Waals surface area contributed by atoms with E-state index in [9.17, 15) is 0 Å². The number of thiazole rings is 2. The summed E-state index contributed by atoms with van der Waals surface area (Å²) in [5.74, 6) is 8.22. The molecule has 0 amide bonds. The van der Waals surface area contributed by atoms with Gasteiger partial charge in [-0.25, -0.2) is 9.97 Å². The van der Waals surface area contributed by atoms with Crippen LogP contribution in [-0.4, -0.2) is 37.9 Å². The number of fused-ring (bicyclic) bond motifs is 13. The van der Waals surface area contributed by atoms with Crippen molar-refractivity contribution in [3.8, 4) is 84.6 Å². The molecule has 0 bridgehead atoms. The molecule has 16 heteroatoms. The van der Waals surface area contributed by atoms with Crippen molar-refractivity contribution in [1.82, 2.24) is 24.5 Å². The summed E-state index contributed by atoms with van der Waals surface area (Å²) in [7, 11) is 0. The maximum atomic E-state index is 6.84. The van der Waals surface area contributed by atoms with Crippen LogP contribution < -0.4 is 56.5 Å². The van der Waals surface area contributed by atoms with Crippen molar-refractivity contribution in [2.45, 2.75) is 52.4 Å². The van der Waals surface area contributed by atoms with Crippen molar-refractivity contribution >= 4 is 111 Å². The SMILES string of the molecule is CC(C)(C)c1cc2c3c(c1)Oc1cc4c5ccccc5n(-c5ccccn5)c4[c-]c1B3c1[c-]c(-c3nc4ccccc4s3)ccc1O2.CC(C)(C)c1cc2c3c(c1)Oc1ccc(-c4nc5ccccc5s4)[c-]c1B3c1[c-]c(Oc3ccccn3)ccc1O2.[Pt+2].[Pt+2]. The zero-order valence-electron chi connectivity index (χ0n) is 49.3. The minimum absolute atomic E-state index is 0. The zero-order chi connectivity index (χ0) is 59.2. The molecule has 14 aromatic rings. The summed E-state index contributed by atoms with van der Waals surface area (Å²) in [6, 6.07) is 74.2. The summed E-state index contributed by atoms with van der Waals surface area (Å²) in [6.45, 7) is 12.8. The van der Waals surface area contributed by atoms with E-state index in [0.717, 1.165) is 159 Å². The summed E-state index contributed by atoms with van der Waals surface area (Å²) in [5.41, 5.74) is 13.7. The molecule has 9 aromatic carbocycles. The summed E-state index contributed by atoms with van der Waals surface area (Å²) in [5, 5.41) is 4.06. The normalized spacial score (nSPS) is 12.9. The van der Waals surface area contributed by atoms with Crippen LogP contribution in [0.4, 0.5) is 0 Å². The molecular weight excluding hydrogens is 1510 g/mol. The monoisotopic (exact) mass is 1560 g/mol. The average Bonchev–Trinajstić information content (AvgIpc) is 1.06. The van der Waals surface area contributed by atoms with E-state index in [4.69, 9.17) is 38.6 Å². The molecule has 0 spiro atoms. The Morgan fingerprint density at radius 2 is 0.922 bits per heavy atom. The van der Waals surface area contributed by atoms with Gasteiger partial charge in [-0.3, -0.25) is 9.97 Å². The van der Waals surface area contributed by atoms with Crippen LogP contribution in [0, 0.1) is 24.3 Å². The molecule has 0 atom stereocenters. The zero-order valence-corrected chi connectivity index (χ0v) is 55.5. The third kappa shape index (κ3) is 9.77. The molecule has 438 valence electrons. The van der Waals surface area contributed by atoms with Crippen LogP contribution >= 0.6 is 22.7 Å². The van der Waals surface area contributed by atoms with Gasteiger partial charge in [0, 0.05) is 83.1 Å². The second-order valence-electron chi connectivity index (χ2n) is 24.5. The first kappa shape index (κ1) is 57.8. The molecule has 0 unspecified atom stereocenters. The molecular formula is C74H49B2N5O5Pt2S2. The van der Waals surface area contributed by atoms with E-state index in [-0.39, 0.29) is 66.4 Å². The minimum Gasteiger partial charge on any atom is -0.518 e. The van der Waals surface area contributed by atoms with Crippen LogP contribution in [0.15, 0.2) is 188 Å². The van der Waals surface area contributed by atoms with E-state index < -0.39 is 0 Å². The van der Waals surface area contributed by atoms with Crippen LogP contribution in [-0.2, 0) is 53.0 Å². The van der Waals surface area contributed by atoms with Crippen LogP contribution in [0.2, 0.25) is 0 Å². The molecule has 9 heterocycles. The molecule has 10 nitrogen and oxygen atoms in total. The molecule has 0 saturated carbocycles. The number of para-hydroxylation sites is 3. The quantitative estimate of drug-likeness (QED) is 0.123. The fourth-order valence-corrected chi connectivity index (χ4v) is 14.3. The van der Waals surface area contributed by atoms with E-state index in [0.29, 0.717) is 11.6 Å². The van der Waals surface area contributed by atoms with Gasteiger partial charge in [-0.05, 0) is 100 Å². The van der Waals surface area contributed by atoms with Crippen molar-refractivity contribution in [2.75, 3.05) is 0 Å². The number of nitrogens with zero attached hydrogens (tertiary/aromatic N) is 5. The molecule has 4 aliphatic rings. The molecule has 0 radical (unpaired) electrons. The summed E-state index contributed by atoms with van der Waals surface area (Å²) < 4.78 is 37.2. The minimum atomic E-state index is -0.205. The third-order valence-corrected chi connectivity index (χ3v) is 19.0. The summed E-state index contributed by atoms with van der Waals surface area (Å²) in [6.07, 6.45) is 3.54. The van der Waals surface area contributed by atoms with Crippen LogP contribution in [0.3, 0.4) is 0 Å². The Balaban J connectivity index is 0.000000148. The molecule has 0 N–H and O–H groups in total. The van der Waals surface area contributed by atoms with Crippen molar-refractivity contribution in [1.29, 1.82) is 0 Å². The fraction of sp³-hybridized carbons (Fsp3) is 0.108. The second kappa shape index (κ2) is 22.1. The summed E-state index contributed by atoms with van der Waals surface area (Å²) >= 11 is 3.34. The Bertz CT molecular complexity index is 5140. The Morgan fingerprint density at radius 3 is 1.44 bits per heavy atom. The Kier molecular flexibility index (Phi) is 14.2. The fourth-order valence-electron chi connectivity index (χ4n) is 12.5. The van der Waals surface area contributed by atoms with Gasteiger partial charge in [0.15, 0.2) is 0 Å². The average molecular weight is 1560 g/mol. The molecule has 0 saturated heterocycles. The van der Waals surface area contributed by atoms with Crippen molar-refractivity contribution in [2.24, 2.45) is 0 Å². The molecule has 5 aromatic heterocycles. The van der Waals surface area contributed by atoms with Gasteiger partial charge < -0.3 is 28.3 Å². The van der Waals surface area contributed by atoms with E-state index in [1.807, 2.05) is 91.1 Å². The predicted octanol–water partition coefficient (Wildman–Crippen LogP) is 14.9. The van der Waals surface area contributed by atoms with Gasteiger partial charge in [-0.1, -0.05) is 107 Å². The third-order valence-electron chi connectivity index (χ3n) is 16.8. The van der Waals surface area contributed by atoms with Gasteiger partial charge in [0.2, 0.25) is 19.3 Å². The molecule has 0 aliphatic carbocycles. The van der Waals surface area contributed by atoms with Crippen LogP contribution in [0.1, 0.15) is 52.7 Å². The standard InChI is InChI=1S/C40H26BN3O2S.C34H23BN2O3S.2Pt/c1-40(2,3)24-19-34-38-35(20-24)46-33-21-26-25-10-4-6-12-30(25)44(37-14-8-9-17-42-37)31(26)22-28(33)41(38)27-18-23(15-16-32(27)45-34)39-43-29-11-5-7-13-36(29)47-39;1-34(2,3)21-17-28-32-29(18-21)40-27-14-12-22(38-31-10-6-7-15-36-31)19-24(27)35(32)23-16-20(11-13-26(23)39-28)33-37-25-8-4-5-9-30(25)41-33;;/h4-17,19-21H,1-3H3;4-15,17-18H,1-3H3;;/q2*-2;2*+2. The van der Waals surface area contributed by atoms with Gasteiger partial charge in [-0.15, -0.1) is 93.6 Å². The smallest absolute Gasteiger partial charge is 0.518 e. The van der Waals surface area contributed by atoms with Crippen molar-refractivity contribution in [3.63, 3.8) is 0 Å². The number of rotatable bonds is 5. The second-order valence-corrected chi connectivity index (χ2v) is 26.6. The number of pyridine rings is 2. The van der Waals surface area contributed by atoms with Crippen molar-refractivity contribution in [3.05, 3.63) is 224 Å². The maximum absolute atomic E-state index is 6.84. The Labute approximate surface area is 557 Å². The van der Waals surface area contributed by atoms with Gasteiger partial charge in [0.1, 0.15) is 28.8 Å². The van der Waals surface area contributed by atoms with Crippen molar-refractivity contribution < 1.29 is 65.8 Å². The Hall–Kier alpha value is -8.63. The topological polar surface area (TPSA) is 103 Å². The first-order chi connectivity index (χ1) is 42.8. The molecule has 18 rings (SSSR count). The maximum Gasteiger partial charge on any atom is 2.00 e. The number of aromatic nitrogens is 5. The van der Waals surface area contributed by atoms with E-state index >= 15 is 0 Å². The largest absolute Gasteiger partial charge is 2.00 e. The van der Waals surface area contributed by atoms with E-state index in [1.54, 1.807) is 28.9 Å².